The van der Waals surface area contributed by atoms with Crippen molar-refractivity contribution in [1.82, 2.24) is 0 Å². The standard InChI is InChI=1S/C34H46N2O8/c1-37-29-25-15-17-35-20-28-32(40-4)34(42-22-24-13-9-6-10-14-24)30(38-2)26(44-28)16-18-36-19-27(43-25)31(39-3)33(29)41-21-23-11-7-5-8-12-23/h5-14,17-18,25-34H,15-16,19-22H2,1-4H3/t25-,26-,27+,28+,29-,30-,31+,32+,33+,34+/m0/s1. The Bertz CT molecular complexity index is 1030. The topological polar surface area (TPSA) is 98.6 Å². The number of aliphatic imine (C=N–C) groups is 2. The van der Waals surface area contributed by atoms with E-state index in [1.165, 1.54) is 0 Å². The molecule has 10 nitrogen and oxygen atoms in total. The zero-order valence-corrected chi connectivity index (χ0v) is 26.1. The molecule has 3 aliphatic rings. The van der Waals surface area contributed by atoms with E-state index in [2.05, 4.69) is 0 Å². The van der Waals surface area contributed by atoms with Gasteiger partial charge in [-0.3, -0.25) is 9.98 Å². The summed E-state index contributed by atoms with van der Waals surface area (Å²) >= 11 is 0. The lowest BCUT2D eigenvalue weighted by molar-refractivity contribution is -0.247. The summed E-state index contributed by atoms with van der Waals surface area (Å²) in [6, 6.07) is 20.2. The third kappa shape index (κ3) is 7.99. The maximum atomic E-state index is 6.55. The van der Waals surface area contributed by atoms with Crippen LogP contribution in [0.3, 0.4) is 0 Å². The van der Waals surface area contributed by atoms with Crippen molar-refractivity contribution in [3.8, 4) is 0 Å². The van der Waals surface area contributed by atoms with Crippen LogP contribution < -0.4 is 0 Å². The minimum absolute atomic E-state index is 0.294. The molecule has 5 rings (SSSR count). The monoisotopic (exact) mass is 610 g/mol. The highest BCUT2D eigenvalue weighted by Crippen LogP contribution is 2.32. The summed E-state index contributed by atoms with van der Waals surface area (Å²) in [4.78, 5) is 9.57. The number of nitrogens with zero attached hydrogens (tertiary/aromatic N) is 2. The second kappa shape index (κ2) is 16.7. The Morgan fingerprint density at radius 2 is 0.886 bits per heavy atom. The van der Waals surface area contributed by atoms with Crippen molar-refractivity contribution in [2.75, 3.05) is 41.5 Å². The van der Waals surface area contributed by atoms with Gasteiger partial charge in [-0.15, -0.1) is 0 Å². The van der Waals surface area contributed by atoms with Crippen LogP contribution >= 0.6 is 0 Å². The smallest absolute Gasteiger partial charge is 0.115 e. The Balaban J connectivity index is 1.35. The van der Waals surface area contributed by atoms with Crippen LogP contribution in [-0.2, 0) is 51.1 Å². The third-order valence-corrected chi connectivity index (χ3v) is 8.62. The number of ether oxygens (including phenoxy) is 8. The summed E-state index contributed by atoms with van der Waals surface area (Å²) in [5.41, 5.74) is 2.16. The maximum absolute atomic E-state index is 6.55. The van der Waals surface area contributed by atoms with Gasteiger partial charge < -0.3 is 37.9 Å². The second-order valence-corrected chi connectivity index (χ2v) is 11.3. The minimum atomic E-state index is -0.373. The second-order valence-electron chi connectivity index (χ2n) is 11.3. The third-order valence-electron chi connectivity index (χ3n) is 8.62. The van der Waals surface area contributed by atoms with Crippen molar-refractivity contribution < 1.29 is 37.9 Å². The molecule has 0 aliphatic carbocycles. The number of fused-ring (bicyclic) bond motifs is 4. The molecular weight excluding hydrogens is 564 g/mol. The number of hydrogen-bond donors (Lipinski definition) is 0. The Hall–Kier alpha value is -2.54. The lowest BCUT2D eigenvalue weighted by Gasteiger charge is -2.45. The van der Waals surface area contributed by atoms with E-state index in [4.69, 9.17) is 47.9 Å². The Kier molecular flexibility index (Phi) is 12.4. The molecule has 240 valence electrons. The molecule has 0 unspecified atom stereocenters. The zero-order valence-electron chi connectivity index (χ0n) is 26.1. The predicted octanol–water partition coefficient (Wildman–Crippen LogP) is 3.69. The Labute approximate surface area is 260 Å². The quantitative estimate of drug-likeness (QED) is 0.402. The first-order chi connectivity index (χ1) is 21.7. The molecule has 10 heteroatoms. The summed E-state index contributed by atoms with van der Waals surface area (Å²) in [5.74, 6) is 0. The van der Waals surface area contributed by atoms with E-state index in [0.717, 1.165) is 11.1 Å². The summed E-state index contributed by atoms with van der Waals surface area (Å²) in [6.45, 7) is 1.67. The van der Waals surface area contributed by atoms with Crippen molar-refractivity contribution in [2.24, 2.45) is 9.98 Å². The highest BCUT2D eigenvalue weighted by Gasteiger charge is 2.48. The molecule has 2 aromatic rings. The van der Waals surface area contributed by atoms with E-state index in [9.17, 15) is 0 Å². The molecule has 0 spiro atoms. The average molecular weight is 611 g/mol. The van der Waals surface area contributed by atoms with Crippen LogP contribution in [0.2, 0.25) is 0 Å². The molecule has 0 aromatic heterocycles. The summed E-state index contributed by atoms with van der Waals surface area (Å²) in [5, 5.41) is 0. The molecule has 0 radical (unpaired) electrons. The fraction of sp³-hybridized carbons (Fsp3) is 0.588. The summed E-state index contributed by atoms with van der Waals surface area (Å²) in [6.07, 6.45) is 1.41. The first-order valence-corrected chi connectivity index (χ1v) is 15.4. The molecule has 4 bridgehead atoms. The fourth-order valence-electron chi connectivity index (χ4n) is 6.42. The van der Waals surface area contributed by atoms with Crippen LogP contribution in [0.25, 0.3) is 0 Å². The predicted molar refractivity (Wildman–Crippen MR) is 166 cm³/mol. The molecule has 0 saturated carbocycles. The lowest BCUT2D eigenvalue weighted by atomic mass is 9.92. The van der Waals surface area contributed by atoms with Crippen molar-refractivity contribution in [3.05, 3.63) is 71.8 Å². The van der Waals surface area contributed by atoms with Crippen LogP contribution in [0.4, 0.5) is 0 Å². The van der Waals surface area contributed by atoms with Crippen molar-refractivity contribution in [2.45, 2.75) is 87.1 Å². The maximum Gasteiger partial charge on any atom is 0.115 e. The normalized spacial score (nSPS) is 34.4. The van der Waals surface area contributed by atoms with Gasteiger partial charge in [-0.1, -0.05) is 60.7 Å². The molecule has 3 heterocycles. The molecule has 2 saturated heterocycles. The Morgan fingerprint density at radius 3 is 1.25 bits per heavy atom. The van der Waals surface area contributed by atoms with Crippen molar-refractivity contribution in [1.29, 1.82) is 0 Å². The van der Waals surface area contributed by atoms with Gasteiger partial charge in [-0.2, -0.15) is 0 Å². The first-order valence-electron chi connectivity index (χ1n) is 15.4. The van der Waals surface area contributed by atoms with Crippen LogP contribution in [0, 0.1) is 0 Å². The van der Waals surface area contributed by atoms with Gasteiger partial charge in [0.2, 0.25) is 0 Å². The van der Waals surface area contributed by atoms with E-state index in [1.807, 2.05) is 73.1 Å². The van der Waals surface area contributed by atoms with Gasteiger partial charge in [0.05, 0.1) is 38.5 Å². The molecule has 3 aliphatic heterocycles. The van der Waals surface area contributed by atoms with Gasteiger partial charge in [0.25, 0.3) is 0 Å². The summed E-state index contributed by atoms with van der Waals surface area (Å²) < 4.78 is 49.9. The molecule has 44 heavy (non-hydrogen) atoms. The number of hydrogen-bond acceptors (Lipinski definition) is 10. The molecule has 10 atom stereocenters. The highest BCUT2D eigenvalue weighted by molar-refractivity contribution is 5.59. The van der Waals surface area contributed by atoms with Crippen LogP contribution in [0.5, 0.6) is 0 Å². The van der Waals surface area contributed by atoms with Gasteiger partial charge in [0.15, 0.2) is 0 Å². The molecular formula is C34H46N2O8. The fourth-order valence-corrected chi connectivity index (χ4v) is 6.42. The van der Waals surface area contributed by atoms with Gasteiger partial charge in [0, 0.05) is 53.7 Å². The molecule has 0 N–H and O–H groups in total. The number of methoxy groups -OCH3 is 4. The van der Waals surface area contributed by atoms with Gasteiger partial charge in [0.1, 0.15) is 48.8 Å². The number of benzene rings is 2. The van der Waals surface area contributed by atoms with Crippen LogP contribution in [0.15, 0.2) is 70.6 Å². The first kappa shape index (κ1) is 32.8. The van der Waals surface area contributed by atoms with E-state index in [-0.39, 0.29) is 61.0 Å². The molecule has 0 amide bonds. The SMILES string of the molecule is CO[C@@H]1[C@@H](OCc2ccccc2)[C@H](OC)[C@H]2CN=CC[C@@H]3O[C@H](CN=CC[C@@H]1O2)[C@@H](OC)[C@H](OCc1ccccc1)[C@H]3OC. The number of rotatable bonds is 10. The van der Waals surface area contributed by atoms with Crippen molar-refractivity contribution >= 4 is 12.4 Å². The average Bonchev–Trinajstić information content (AvgIpc) is 3.06. The van der Waals surface area contributed by atoms with Crippen LogP contribution in [0.1, 0.15) is 24.0 Å². The zero-order chi connectivity index (χ0) is 30.7. The summed E-state index contributed by atoms with van der Waals surface area (Å²) in [7, 11) is 6.72. The Morgan fingerprint density at radius 1 is 0.523 bits per heavy atom. The molecule has 2 aromatic carbocycles. The van der Waals surface area contributed by atoms with E-state index in [1.54, 1.807) is 28.4 Å². The largest absolute Gasteiger partial charge is 0.376 e. The van der Waals surface area contributed by atoms with E-state index >= 15 is 0 Å². The van der Waals surface area contributed by atoms with Gasteiger partial charge in [-0.05, 0) is 11.1 Å². The van der Waals surface area contributed by atoms with Crippen molar-refractivity contribution in [3.63, 3.8) is 0 Å². The minimum Gasteiger partial charge on any atom is -0.376 e. The van der Waals surface area contributed by atoms with E-state index in [0.29, 0.717) is 39.1 Å². The highest BCUT2D eigenvalue weighted by atomic mass is 16.6. The molecule has 2 fully saturated rings. The lowest BCUT2D eigenvalue weighted by Crippen LogP contribution is -2.61. The van der Waals surface area contributed by atoms with Gasteiger partial charge in [-0.25, -0.2) is 0 Å². The van der Waals surface area contributed by atoms with Gasteiger partial charge >= 0.3 is 0 Å². The van der Waals surface area contributed by atoms with E-state index < -0.39 is 0 Å². The van der Waals surface area contributed by atoms with Crippen LogP contribution in [-0.4, -0.2) is 115 Å².